The van der Waals surface area contributed by atoms with Gasteiger partial charge in [-0.05, 0) is 96.1 Å². The topological polar surface area (TPSA) is 497 Å². The highest BCUT2D eigenvalue weighted by Gasteiger charge is 2.24. The number of hydrogen-bond donors (Lipinski definition) is 11. The molecule has 137 heavy (non-hydrogen) atoms. The van der Waals surface area contributed by atoms with Crippen molar-refractivity contribution in [2.45, 2.75) is 40.0 Å². The van der Waals surface area contributed by atoms with Crippen molar-refractivity contribution in [3.8, 4) is 135 Å². The highest BCUT2D eigenvalue weighted by Crippen LogP contribution is 2.40. The Morgan fingerprint density at radius 2 is 0.562 bits per heavy atom. The molecule has 22 aromatic heterocycles. The van der Waals surface area contributed by atoms with Crippen molar-refractivity contribution < 1.29 is 23.2 Å². The third-order valence-electron chi connectivity index (χ3n) is 22.4. The second-order valence-corrected chi connectivity index (χ2v) is 31.3. The number of imidazole rings is 4. The van der Waals surface area contributed by atoms with Crippen LogP contribution in [0.15, 0.2) is 276 Å². The zero-order valence-corrected chi connectivity index (χ0v) is 72.4. The van der Waals surface area contributed by atoms with E-state index in [0.717, 1.165) is 133 Å². The molecule has 0 aliphatic rings. The number of aromatic nitrogens is 30. The van der Waals surface area contributed by atoms with E-state index in [1.54, 1.807) is 181 Å². The molecule has 24 rings (SSSR count). The van der Waals surface area contributed by atoms with Gasteiger partial charge in [-0.15, -0.1) is 0 Å². The van der Waals surface area contributed by atoms with Gasteiger partial charge in [0.25, 0.3) is 0 Å². The standard InChI is InChI=1S/2C26H19FN8O.C25H19N9O.C22H14N8/c1-2-22(36)31-18-7-15(9-28-11-18)16-8-19-24(34-35-25(19)30-10-16)26-32-21-13-29-12-20(23(21)33-26)14-3-5-17(27)6-4-14;1-2-22(36)31-18-7-15(9-28-11-18)16-8-19-24(34-35-25(19)30-10-16)26-32-21-13-29-12-20(23(21)33-26)14-4-3-5-17(27)6-14;1-2-21(35)30-17-6-15(9-27-11-17)16-7-18-23(33-34-24(18)29-10-16)25-31-20-13-28-12-19(22(20)32-25)14-4-3-5-26-8-14;1-3-13(8-23-5-1)15-7-16-20(29-30-21(16)26-10-15)22-27-18-12-25-11-17(19(18)28-22)14-4-2-6-24-9-14/h2*3-13H,2H2,1H3,(H,31,36)(H,32,33)(H,30,34,35);3-13H,2H2,1H3,(H,30,35)(H,31,32)(H,29,33,34);1-12H,(H,27,28)(H,26,29,30). The summed E-state index contributed by atoms with van der Waals surface area (Å²) in [6.07, 6.45) is 42.6. The Labute approximate surface area is 771 Å². The smallest absolute Gasteiger partial charge is 0.224 e. The van der Waals surface area contributed by atoms with Crippen LogP contribution in [0.25, 0.3) is 223 Å². The number of carbonyl (C=O) groups is 3. The molecule has 0 aliphatic carbocycles. The van der Waals surface area contributed by atoms with E-state index >= 15 is 0 Å². The van der Waals surface area contributed by atoms with Crippen molar-refractivity contribution in [2.75, 3.05) is 16.0 Å². The number of amides is 3. The molecule has 2 aromatic carbocycles. The highest BCUT2D eigenvalue weighted by molar-refractivity contribution is 6.03. The first-order valence-electron chi connectivity index (χ1n) is 43.0. The van der Waals surface area contributed by atoms with E-state index in [4.69, 9.17) is 19.9 Å². The van der Waals surface area contributed by atoms with Crippen LogP contribution in [0.4, 0.5) is 25.8 Å². The molecule has 0 unspecified atom stereocenters. The normalized spacial score (nSPS) is 11.3. The van der Waals surface area contributed by atoms with Gasteiger partial charge in [0.15, 0.2) is 45.9 Å². The fraction of sp³-hybridized carbons (Fsp3) is 0.0606. The molecule has 0 saturated heterocycles. The number of fused-ring (bicyclic) bond motifs is 8. The van der Waals surface area contributed by atoms with Gasteiger partial charge in [-0.1, -0.05) is 63.2 Å². The summed E-state index contributed by atoms with van der Waals surface area (Å²) in [4.78, 5) is 129. The summed E-state index contributed by atoms with van der Waals surface area (Å²) in [6.45, 7) is 5.39. The molecule has 36 nitrogen and oxygen atoms in total. The minimum absolute atomic E-state index is 0.0697. The average molecular weight is 1810 g/mol. The lowest BCUT2D eigenvalue weighted by Gasteiger charge is -2.06. The second-order valence-electron chi connectivity index (χ2n) is 31.3. The molecule has 0 spiro atoms. The van der Waals surface area contributed by atoms with Gasteiger partial charge < -0.3 is 35.9 Å². The number of H-pyrrole nitrogens is 8. The summed E-state index contributed by atoms with van der Waals surface area (Å²) >= 11 is 0. The molecule has 22 heterocycles. The maximum absolute atomic E-state index is 13.8. The average Bonchev–Trinajstić information content (AvgIpc) is 1.62. The van der Waals surface area contributed by atoms with Gasteiger partial charge in [-0.2, -0.15) is 20.4 Å². The van der Waals surface area contributed by atoms with Crippen LogP contribution in [0.5, 0.6) is 0 Å². The maximum Gasteiger partial charge on any atom is 0.224 e. The van der Waals surface area contributed by atoms with Crippen molar-refractivity contribution in [1.82, 2.24) is 150 Å². The number of carbonyl (C=O) groups excluding carboxylic acids is 3. The quantitative estimate of drug-likeness (QED) is 0.0380. The van der Waals surface area contributed by atoms with Gasteiger partial charge in [0.1, 0.15) is 45.4 Å². The second kappa shape index (κ2) is 36.8. The van der Waals surface area contributed by atoms with Gasteiger partial charge in [0.05, 0.1) is 115 Å². The Balaban J connectivity index is 0.000000109. The summed E-state index contributed by atoms with van der Waals surface area (Å²) in [6, 6.07) is 37.7. The van der Waals surface area contributed by atoms with Gasteiger partial charge in [-0.25, -0.2) is 48.7 Å². The number of benzene rings is 2. The number of nitrogens with one attached hydrogen (secondary N) is 11. The van der Waals surface area contributed by atoms with E-state index in [-0.39, 0.29) is 29.4 Å². The molecule has 38 heteroatoms. The van der Waals surface area contributed by atoms with E-state index < -0.39 is 0 Å². The van der Waals surface area contributed by atoms with Crippen LogP contribution in [0.1, 0.15) is 40.0 Å². The molecule has 0 fully saturated rings. The van der Waals surface area contributed by atoms with Crippen LogP contribution in [0, 0.1) is 11.6 Å². The predicted molar refractivity (Wildman–Crippen MR) is 514 cm³/mol. The van der Waals surface area contributed by atoms with E-state index in [0.29, 0.717) is 127 Å². The Bertz CT molecular complexity index is 8670. The SMILES string of the molecule is CCC(=O)Nc1cncc(-c2cnc3n[nH]c(-c4nc5c(-c6ccc(F)cc6)cncc5[nH]4)c3c2)c1.CCC(=O)Nc1cncc(-c2cnc3n[nH]c(-c4nc5c(-c6cccc(F)c6)cncc5[nH]4)c3c2)c1.CCC(=O)Nc1cncc(-c2cnc3n[nH]c(-c4nc5c(-c6cccnc6)cncc5[nH]4)c3c2)c1.c1cncc(-c2cnc3n[nH]c(-c4nc5c(-c6cccnc6)cncc5[nH]4)c3c2)c1. The Kier molecular flexibility index (Phi) is 22.7. The van der Waals surface area contributed by atoms with Crippen LogP contribution in [0.3, 0.4) is 0 Å². The molecule has 3 amide bonds. The fourth-order valence-corrected chi connectivity index (χ4v) is 15.6. The van der Waals surface area contributed by atoms with E-state index in [1.165, 1.54) is 24.3 Å². The van der Waals surface area contributed by atoms with Crippen LogP contribution in [0.2, 0.25) is 0 Å². The lowest BCUT2D eigenvalue weighted by Crippen LogP contribution is -2.09. The number of rotatable bonds is 18. The third-order valence-corrected chi connectivity index (χ3v) is 22.4. The fourth-order valence-electron chi connectivity index (χ4n) is 15.6. The largest absolute Gasteiger partial charge is 0.335 e. The number of pyridine rings is 14. The monoisotopic (exact) mass is 1810 g/mol. The molecule has 0 atom stereocenters. The lowest BCUT2D eigenvalue weighted by atomic mass is 10.1. The molecule has 0 bridgehead atoms. The van der Waals surface area contributed by atoms with Crippen molar-refractivity contribution >= 4 is 123 Å². The van der Waals surface area contributed by atoms with Crippen molar-refractivity contribution in [1.29, 1.82) is 0 Å². The summed E-state index contributed by atoms with van der Waals surface area (Å²) in [5.74, 6) is 1.56. The molecular formula is C99H71F2N33O3. The molecular weight excluding hydrogens is 1740 g/mol. The Morgan fingerprint density at radius 1 is 0.270 bits per heavy atom. The number of nitrogens with zero attached hydrogens (tertiary/aromatic N) is 22. The van der Waals surface area contributed by atoms with Gasteiger partial charge in [0, 0.05) is 202 Å². The highest BCUT2D eigenvalue weighted by atomic mass is 19.1. The molecule has 0 radical (unpaired) electrons. The van der Waals surface area contributed by atoms with Crippen LogP contribution in [-0.4, -0.2) is 168 Å². The predicted octanol–water partition coefficient (Wildman–Crippen LogP) is 18.6. The number of hydrogen-bond acceptors (Lipinski definition) is 25. The summed E-state index contributed by atoms with van der Waals surface area (Å²) in [5.41, 5.74) is 26.6. The first kappa shape index (κ1) is 84.4. The number of aromatic amines is 8. The van der Waals surface area contributed by atoms with Crippen LogP contribution in [-0.2, 0) is 14.4 Å². The van der Waals surface area contributed by atoms with E-state index in [9.17, 15) is 23.2 Å². The zero-order chi connectivity index (χ0) is 93.0. The Morgan fingerprint density at radius 3 is 0.883 bits per heavy atom. The van der Waals surface area contributed by atoms with Gasteiger partial charge >= 0.3 is 0 Å². The van der Waals surface area contributed by atoms with Gasteiger partial charge in [0.2, 0.25) is 17.7 Å². The van der Waals surface area contributed by atoms with E-state index in [1.807, 2.05) is 91.1 Å². The van der Waals surface area contributed by atoms with Crippen molar-refractivity contribution in [2.24, 2.45) is 0 Å². The molecule has 0 saturated carbocycles. The lowest BCUT2D eigenvalue weighted by molar-refractivity contribution is -0.116. The molecule has 0 aliphatic heterocycles. The molecule has 11 N–H and O–H groups in total. The van der Waals surface area contributed by atoms with Gasteiger partial charge in [-0.3, -0.25) is 84.6 Å². The molecule has 664 valence electrons. The summed E-state index contributed by atoms with van der Waals surface area (Å²) < 4.78 is 27.3. The number of anilines is 3. The number of halogens is 2. The van der Waals surface area contributed by atoms with Crippen LogP contribution >= 0.6 is 0 Å². The van der Waals surface area contributed by atoms with E-state index in [2.05, 4.69) is 146 Å². The third kappa shape index (κ3) is 17.4. The minimum Gasteiger partial charge on any atom is -0.335 e. The maximum atomic E-state index is 13.8. The first-order valence-corrected chi connectivity index (χ1v) is 43.0. The minimum atomic E-state index is -0.328. The summed E-state index contributed by atoms with van der Waals surface area (Å²) in [7, 11) is 0. The zero-order valence-electron chi connectivity index (χ0n) is 72.4. The van der Waals surface area contributed by atoms with Crippen molar-refractivity contribution in [3.05, 3.63) is 288 Å². The van der Waals surface area contributed by atoms with Crippen LogP contribution < -0.4 is 16.0 Å². The molecule has 24 aromatic rings. The summed E-state index contributed by atoms with van der Waals surface area (Å²) in [5, 5.41) is 41.3. The Hall–Kier alpha value is -19.4. The first-order chi connectivity index (χ1) is 67.2. The van der Waals surface area contributed by atoms with Crippen molar-refractivity contribution in [3.63, 3.8) is 0 Å².